The third-order valence-electron chi connectivity index (χ3n) is 5.84. The van der Waals surface area contributed by atoms with Crippen molar-refractivity contribution in [1.82, 2.24) is 4.90 Å². The summed E-state index contributed by atoms with van der Waals surface area (Å²) in [4.78, 5) is 42.7. The summed E-state index contributed by atoms with van der Waals surface area (Å²) in [6.07, 6.45) is 0.392. The van der Waals surface area contributed by atoms with E-state index >= 15 is 0 Å². The quantitative estimate of drug-likeness (QED) is 0.692. The first-order chi connectivity index (χ1) is 15.0. The van der Waals surface area contributed by atoms with Gasteiger partial charge in [0, 0.05) is 30.8 Å². The van der Waals surface area contributed by atoms with E-state index in [1.54, 1.807) is 61.3 Å². The molecule has 0 N–H and O–H groups in total. The summed E-state index contributed by atoms with van der Waals surface area (Å²) in [5.41, 5.74) is 2.36. The van der Waals surface area contributed by atoms with Gasteiger partial charge in [-0.3, -0.25) is 14.5 Å². The summed E-state index contributed by atoms with van der Waals surface area (Å²) in [6, 6.07) is 11.6. The topological polar surface area (TPSA) is 76.2 Å². The summed E-state index contributed by atoms with van der Waals surface area (Å²) in [5.74, 6) is -0.458. The fourth-order valence-electron chi connectivity index (χ4n) is 4.57. The molecule has 0 fully saturated rings. The van der Waals surface area contributed by atoms with Gasteiger partial charge in [-0.1, -0.05) is 18.2 Å². The van der Waals surface area contributed by atoms with Crippen molar-refractivity contribution in [2.75, 3.05) is 31.7 Å². The van der Waals surface area contributed by atoms with E-state index in [0.29, 0.717) is 42.1 Å². The molecule has 0 spiro atoms. The van der Waals surface area contributed by atoms with Gasteiger partial charge in [-0.05, 0) is 50.1 Å². The lowest BCUT2D eigenvalue weighted by molar-refractivity contribution is -0.145. The molecule has 0 unspecified atom stereocenters. The van der Waals surface area contributed by atoms with Gasteiger partial charge in [0.2, 0.25) is 0 Å². The molecule has 2 aromatic carbocycles. The zero-order valence-electron chi connectivity index (χ0n) is 18.0. The van der Waals surface area contributed by atoms with E-state index < -0.39 is 12.0 Å². The number of amides is 2. The normalized spacial score (nSPS) is 19.6. The van der Waals surface area contributed by atoms with Gasteiger partial charge in [0.05, 0.1) is 18.8 Å². The van der Waals surface area contributed by atoms with Crippen LogP contribution in [0.25, 0.3) is 0 Å². The van der Waals surface area contributed by atoms with Crippen molar-refractivity contribution in [3.05, 3.63) is 59.2 Å². The monoisotopic (exact) mass is 422 g/mol. The Morgan fingerprint density at radius 1 is 1.06 bits per heavy atom. The predicted octanol–water partition coefficient (Wildman–Crippen LogP) is 3.24. The van der Waals surface area contributed by atoms with Gasteiger partial charge in [-0.15, -0.1) is 0 Å². The molecule has 7 heteroatoms. The largest absolute Gasteiger partial charge is 0.493 e. The van der Waals surface area contributed by atoms with Crippen LogP contribution < -0.4 is 9.64 Å². The molecule has 2 atom stereocenters. The first-order valence-electron chi connectivity index (χ1n) is 10.6. The molecule has 31 heavy (non-hydrogen) atoms. The van der Waals surface area contributed by atoms with E-state index in [1.807, 2.05) is 6.92 Å². The fourth-order valence-corrected chi connectivity index (χ4v) is 4.57. The highest BCUT2D eigenvalue weighted by molar-refractivity contribution is 6.13. The Labute approximate surface area is 181 Å². The Hall–Kier alpha value is -3.35. The second kappa shape index (κ2) is 8.41. The van der Waals surface area contributed by atoms with Crippen molar-refractivity contribution in [2.45, 2.75) is 32.2 Å². The summed E-state index contributed by atoms with van der Waals surface area (Å²) in [5, 5.41) is 0. The van der Waals surface area contributed by atoms with Gasteiger partial charge in [-0.25, -0.2) is 4.79 Å². The lowest BCUT2D eigenvalue weighted by Gasteiger charge is -2.43. The van der Waals surface area contributed by atoms with E-state index in [4.69, 9.17) is 9.47 Å². The Kier molecular flexibility index (Phi) is 5.67. The maximum absolute atomic E-state index is 13.8. The lowest BCUT2D eigenvalue weighted by Crippen LogP contribution is -2.52. The van der Waals surface area contributed by atoms with Crippen LogP contribution in [0.5, 0.6) is 5.75 Å². The number of esters is 1. The second-order valence-corrected chi connectivity index (χ2v) is 7.73. The number of hydrogen-bond acceptors (Lipinski definition) is 5. The SMILES string of the molecule is CCOC(=O)[C@@H]1C[C@H]2CN(C)C(=O)c3cccc(c32)N1C(=O)c1ccccc1OCC. The average molecular weight is 422 g/mol. The Morgan fingerprint density at radius 2 is 1.84 bits per heavy atom. The van der Waals surface area contributed by atoms with Crippen molar-refractivity contribution in [1.29, 1.82) is 0 Å². The lowest BCUT2D eigenvalue weighted by atomic mass is 9.79. The number of benzene rings is 2. The molecular weight excluding hydrogens is 396 g/mol. The summed E-state index contributed by atoms with van der Waals surface area (Å²) in [7, 11) is 1.76. The third kappa shape index (κ3) is 3.54. The highest BCUT2D eigenvalue weighted by Crippen LogP contribution is 2.44. The van der Waals surface area contributed by atoms with Gasteiger partial charge in [0.15, 0.2) is 0 Å². The molecule has 0 aliphatic carbocycles. The number of ether oxygens (including phenoxy) is 2. The number of anilines is 1. The molecule has 0 aromatic heterocycles. The summed E-state index contributed by atoms with van der Waals surface area (Å²) in [6.45, 7) is 4.73. The minimum atomic E-state index is -0.781. The van der Waals surface area contributed by atoms with E-state index in [-0.39, 0.29) is 24.3 Å². The average Bonchev–Trinajstić information content (AvgIpc) is 2.77. The van der Waals surface area contributed by atoms with Crippen LogP contribution in [-0.4, -0.2) is 55.5 Å². The highest BCUT2D eigenvalue weighted by Gasteiger charge is 2.45. The molecule has 2 aliphatic heterocycles. The number of para-hydroxylation sites is 1. The highest BCUT2D eigenvalue weighted by atomic mass is 16.5. The smallest absolute Gasteiger partial charge is 0.329 e. The van der Waals surface area contributed by atoms with Crippen molar-refractivity contribution in [2.24, 2.45) is 0 Å². The Balaban J connectivity index is 1.87. The second-order valence-electron chi connectivity index (χ2n) is 7.73. The van der Waals surface area contributed by atoms with Crippen LogP contribution in [-0.2, 0) is 9.53 Å². The van der Waals surface area contributed by atoms with E-state index in [9.17, 15) is 14.4 Å². The van der Waals surface area contributed by atoms with Crippen LogP contribution >= 0.6 is 0 Å². The van der Waals surface area contributed by atoms with Gasteiger partial charge in [0.1, 0.15) is 11.8 Å². The summed E-state index contributed by atoms with van der Waals surface area (Å²) < 4.78 is 11.0. The standard InChI is InChI=1S/C24H26N2O5/c1-4-30-20-12-7-6-9-16(20)23(28)26-18-11-8-10-17-21(18)15(14-25(3)22(17)27)13-19(26)24(29)31-5-2/h6-12,15,19H,4-5,13-14H2,1-3H3/t15-,19-/m0/s1. The molecule has 7 nitrogen and oxygen atoms in total. The fraction of sp³-hybridized carbons (Fsp3) is 0.375. The number of hydrogen-bond donors (Lipinski definition) is 0. The van der Waals surface area contributed by atoms with Crippen LogP contribution in [0.1, 0.15) is 52.5 Å². The van der Waals surface area contributed by atoms with Gasteiger partial charge in [-0.2, -0.15) is 0 Å². The minimum Gasteiger partial charge on any atom is -0.493 e. The van der Waals surface area contributed by atoms with Gasteiger partial charge in [0.25, 0.3) is 11.8 Å². The Morgan fingerprint density at radius 3 is 2.58 bits per heavy atom. The molecule has 162 valence electrons. The van der Waals surface area contributed by atoms with Crippen molar-refractivity contribution >= 4 is 23.5 Å². The summed E-state index contributed by atoms with van der Waals surface area (Å²) >= 11 is 0. The molecule has 4 rings (SSSR count). The zero-order chi connectivity index (χ0) is 22.1. The number of likely N-dealkylation sites (N-methyl/N-ethyl adjacent to an activating group) is 1. The van der Waals surface area contributed by atoms with E-state index in [0.717, 1.165) is 5.56 Å². The molecular formula is C24H26N2O5. The van der Waals surface area contributed by atoms with Crippen LogP contribution in [0, 0.1) is 0 Å². The predicted molar refractivity (Wildman–Crippen MR) is 116 cm³/mol. The zero-order valence-corrected chi connectivity index (χ0v) is 18.0. The van der Waals surface area contributed by atoms with E-state index in [1.165, 1.54) is 4.90 Å². The molecule has 2 amide bonds. The minimum absolute atomic E-state index is 0.0468. The Bertz CT molecular complexity index is 1030. The first-order valence-corrected chi connectivity index (χ1v) is 10.6. The maximum Gasteiger partial charge on any atom is 0.329 e. The molecule has 2 heterocycles. The van der Waals surface area contributed by atoms with Crippen LogP contribution in [0.15, 0.2) is 42.5 Å². The number of rotatable bonds is 5. The molecule has 0 bridgehead atoms. The molecule has 2 aliphatic rings. The van der Waals surface area contributed by atoms with Crippen molar-refractivity contribution < 1.29 is 23.9 Å². The van der Waals surface area contributed by atoms with Crippen molar-refractivity contribution in [3.8, 4) is 5.75 Å². The molecule has 0 saturated carbocycles. The van der Waals surface area contributed by atoms with Crippen LogP contribution in [0.3, 0.4) is 0 Å². The molecule has 2 aromatic rings. The van der Waals surface area contributed by atoms with Gasteiger partial charge >= 0.3 is 5.97 Å². The van der Waals surface area contributed by atoms with Gasteiger partial charge < -0.3 is 14.4 Å². The van der Waals surface area contributed by atoms with Crippen molar-refractivity contribution in [3.63, 3.8) is 0 Å². The molecule has 0 radical (unpaired) electrons. The maximum atomic E-state index is 13.8. The van der Waals surface area contributed by atoms with Crippen LogP contribution in [0.4, 0.5) is 5.69 Å². The number of carbonyl (C=O) groups is 3. The van der Waals surface area contributed by atoms with E-state index in [2.05, 4.69) is 0 Å². The van der Waals surface area contributed by atoms with Crippen LogP contribution in [0.2, 0.25) is 0 Å². The third-order valence-corrected chi connectivity index (χ3v) is 5.84. The first kappa shape index (κ1) is 20.9. The molecule has 0 saturated heterocycles. The number of carbonyl (C=O) groups excluding carboxylic acids is 3. The number of nitrogens with zero attached hydrogens (tertiary/aromatic N) is 2.